The SMILES string of the molecule is O=C1CCC(c2ccc(OCC(=O)N3CCN(CCCN4CCN(c5ccc(Nc6ncnc7c6ncn7C6CC(NC(=O)Cc7ccccc7)C6)cc5)CC4)CC3)cc2)C(=O)N1. The van der Waals surface area contributed by atoms with Crippen molar-refractivity contribution in [3.63, 3.8) is 0 Å². The highest BCUT2D eigenvalue weighted by molar-refractivity contribution is 6.01. The molecule has 9 rings (SSSR count). The molecule has 3 saturated heterocycles. The highest BCUT2D eigenvalue weighted by Crippen LogP contribution is 2.35. The summed E-state index contributed by atoms with van der Waals surface area (Å²) < 4.78 is 7.89. The lowest BCUT2D eigenvalue weighted by Crippen LogP contribution is -2.50. The predicted molar refractivity (Wildman–Crippen MR) is 239 cm³/mol. The molecule has 0 bridgehead atoms. The summed E-state index contributed by atoms with van der Waals surface area (Å²) in [5, 5.41) is 9.02. The van der Waals surface area contributed by atoms with Gasteiger partial charge in [-0.05, 0) is 86.3 Å². The van der Waals surface area contributed by atoms with Crippen LogP contribution >= 0.6 is 0 Å². The van der Waals surface area contributed by atoms with Crippen molar-refractivity contribution in [2.45, 2.75) is 56.5 Å². The fourth-order valence-corrected chi connectivity index (χ4v) is 9.11. The van der Waals surface area contributed by atoms with Crippen molar-refractivity contribution in [1.82, 2.24) is 44.9 Å². The summed E-state index contributed by atoms with van der Waals surface area (Å²) in [6, 6.07) is 25.9. The van der Waals surface area contributed by atoms with Gasteiger partial charge in [-0.2, -0.15) is 0 Å². The third-order valence-corrected chi connectivity index (χ3v) is 12.9. The van der Waals surface area contributed by atoms with Gasteiger partial charge in [-0.1, -0.05) is 42.5 Å². The summed E-state index contributed by atoms with van der Waals surface area (Å²) in [5.74, 6) is 0.441. The minimum absolute atomic E-state index is 0.0210. The van der Waals surface area contributed by atoms with Gasteiger partial charge in [-0.25, -0.2) is 15.0 Å². The van der Waals surface area contributed by atoms with E-state index in [1.807, 2.05) is 53.7 Å². The molecule has 1 saturated carbocycles. The number of piperazine rings is 2. The van der Waals surface area contributed by atoms with E-state index in [4.69, 9.17) is 4.74 Å². The third-order valence-electron chi connectivity index (χ3n) is 12.9. The van der Waals surface area contributed by atoms with Gasteiger partial charge in [0.2, 0.25) is 17.7 Å². The number of amides is 4. The molecule has 16 nitrogen and oxygen atoms in total. The maximum atomic E-state index is 12.9. The number of aromatic nitrogens is 4. The molecule has 4 amide bonds. The molecule has 16 heteroatoms. The number of anilines is 3. The Labute approximate surface area is 367 Å². The van der Waals surface area contributed by atoms with Crippen molar-refractivity contribution in [3.8, 4) is 5.75 Å². The molecule has 4 aliphatic rings. The first-order valence-corrected chi connectivity index (χ1v) is 22.2. The van der Waals surface area contributed by atoms with Gasteiger partial charge in [0.15, 0.2) is 23.6 Å². The molecule has 0 spiro atoms. The smallest absolute Gasteiger partial charge is 0.260 e. The van der Waals surface area contributed by atoms with Gasteiger partial charge < -0.3 is 29.7 Å². The van der Waals surface area contributed by atoms with Crippen molar-refractivity contribution in [1.29, 1.82) is 0 Å². The number of nitrogens with one attached hydrogen (secondary N) is 3. The highest BCUT2D eigenvalue weighted by atomic mass is 16.5. The monoisotopic (exact) mass is 853 g/mol. The van der Waals surface area contributed by atoms with Crippen LogP contribution in [0.1, 0.15) is 55.2 Å². The van der Waals surface area contributed by atoms with Crippen LogP contribution in [0.3, 0.4) is 0 Å². The Hall–Kier alpha value is -6.39. The van der Waals surface area contributed by atoms with Gasteiger partial charge in [-0.15, -0.1) is 0 Å². The minimum atomic E-state index is -0.342. The maximum absolute atomic E-state index is 12.9. The average Bonchev–Trinajstić information content (AvgIpc) is 3.72. The summed E-state index contributed by atoms with van der Waals surface area (Å²) in [6.07, 6.45) is 7.41. The number of nitrogens with zero attached hydrogens (tertiary/aromatic N) is 8. The number of imidazole rings is 1. The molecule has 0 radical (unpaired) electrons. The van der Waals surface area contributed by atoms with E-state index in [0.29, 0.717) is 43.9 Å². The maximum Gasteiger partial charge on any atom is 0.260 e. The molecule has 5 heterocycles. The van der Waals surface area contributed by atoms with E-state index >= 15 is 0 Å². The average molecular weight is 854 g/mol. The van der Waals surface area contributed by atoms with Crippen molar-refractivity contribution in [2.24, 2.45) is 0 Å². The van der Waals surface area contributed by atoms with Crippen LogP contribution in [0.4, 0.5) is 17.2 Å². The molecule has 3 aromatic carbocycles. The van der Waals surface area contributed by atoms with Crippen molar-refractivity contribution in [2.75, 3.05) is 82.3 Å². The van der Waals surface area contributed by atoms with E-state index < -0.39 is 0 Å². The Morgan fingerprint density at radius 1 is 0.794 bits per heavy atom. The van der Waals surface area contributed by atoms with Gasteiger partial charge >= 0.3 is 0 Å². The largest absolute Gasteiger partial charge is 0.484 e. The lowest BCUT2D eigenvalue weighted by molar-refractivity contribution is -0.135. The highest BCUT2D eigenvalue weighted by Gasteiger charge is 2.33. The summed E-state index contributed by atoms with van der Waals surface area (Å²) in [7, 11) is 0. The Morgan fingerprint density at radius 2 is 1.51 bits per heavy atom. The van der Waals surface area contributed by atoms with Crippen LogP contribution in [0.15, 0.2) is 91.5 Å². The number of imide groups is 1. The lowest BCUT2D eigenvalue weighted by Gasteiger charge is -2.37. The number of rotatable bonds is 15. The van der Waals surface area contributed by atoms with E-state index in [1.165, 1.54) is 5.69 Å². The fourth-order valence-electron chi connectivity index (χ4n) is 9.11. The molecule has 3 N–H and O–H groups in total. The normalized spacial score (nSPS) is 20.9. The van der Waals surface area contributed by atoms with Crippen molar-refractivity contribution in [3.05, 3.63) is 103 Å². The van der Waals surface area contributed by atoms with Gasteiger partial charge in [0.1, 0.15) is 12.1 Å². The summed E-state index contributed by atoms with van der Waals surface area (Å²) >= 11 is 0. The molecular formula is C47H55N11O5. The quantitative estimate of drug-likeness (QED) is 0.130. The van der Waals surface area contributed by atoms with Crippen LogP contribution in [-0.2, 0) is 25.6 Å². The number of benzene rings is 3. The first-order chi connectivity index (χ1) is 30.8. The second-order valence-electron chi connectivity index (χ2n) is 17.0. The summed E-state index contributed by atoms with van der Waals surface area (Å²) in [4.78, 5) is 72.2. The first kappa shape index (κ1) is 41.9. The molecule has 1 atom stereocenters. The van der Waals surface area contributed by atoms with Gasteiger partial charge in [0.05, 0.1) is 18.7 Å². The summed E-state index contributed by atoms with van der Waals surface area (Å²) in [6.45, 7) is 9.14. The van der Waals surface area contributed by atoms with Crippen LogP contribution in [-0.4, -0.2) is 136 Å². The first-order valence-electron chi connectivity index (χ1n) is 22.2. The van der Waals surface area contributed by atoms with Crippen molar-refractivity contribution >= 4 is 52.0 Å². The second-order valence-corrected chi connectivity index (χ2v) is 17.0. The van der Waals surface area contributed by atoms with E-state index in [9.17, 15) is 19.2 Å². The van der Waals surface area contributed by atoms with Crippen LogP contribution < -0.4 is 25.6 Å². The van der Waals surface area contributed by atoms with Crippen LogP contribution in [0, 0.1) is 0 Å². The third kappa shape index (κ3) is 10.3. The molecule has 5 aromatic rings. The van der Waals surface area contributed by atoms with Gasteiger partial charge in [0, 0.05) is 82.2 Å². The zero-order valence-electron chi connectivity index (χ0n) is 35.5. The number of hydrogen-bond acceptors (Lipinski definition) is 12. The topological polar surface area (TPSA) is 170 Å². The lowest BCUT2D eigenvalue weighted by atomic mass is 9.86. The van der Waals surface area contributed by atoms with E-state index in [2.05, 4.69) is 74.4 Å². The van der Waals surface area contributed by atoms with E-state index in [-0.39, 0.29) is 48.2 Å². The van der Waals surface area contributed by atoms with E-state index in [1.54, 1.807) is 18.5 Å². The van der Waals surface area contributed by atoms with Crippen LogP contribution in [0.5, 0.6) is 5.75 Å². The number of ether oxygens (including phenoxy) is 1. The Bertz CT molecular complexity index is 2370. The Morgan fingerprint density at radius 3 is 2.22 bits per heavy atom. The molecule has 1 aliphatic carbocycles. The second kappa shape index (κ2) is 19.3. The number of carbonyl (C=O) groups excluding carboxylic acids is 4. The molecule has 2 aromatic heterocycles. The summed E-state index contributed by atoms with van der Waals surface area (Å²) in [5.41, 5.74) is 5.50. The molecule has 1 unspecified atom stereocenters. The number of hydrogen-bond donors (Lipinski definition) is 3. The van der Waals surface area contributed by atoms with Crippen molar-refractivity contribution < 1.29 is 23.9 Å². The fraction of sp³-hybridized carbons (Fsp3) is 0.426. The van der Waals surface area contributed by atoms with Crippen LogP contribution in [0.2, 0.25) is 0 Å². The van der Waals surface area contributed by atoms with Crippen LogP contribution in [0.25, 0.3) is 11.2 Å². The minimum Gasteiger partial charge on any atom is -0.484 e. The number of piperidine rings is 1. The molecular weight excluding hydrogens is 799 g/mol. The van der Waals surface area contributed by atoms with Gasteiger partial charge in [-0.3, -0.25) is 34.3 Å². The standard InChI is InChI=1S/C47H55N11O5/c59-41-16-15-40(47(62)53-41)34-7-13-39(14-8-34)63-30-43(61)57-25-21-55(22-26-57)18-4-17-54-19-23-56(24-20-54)37-11-9-35(10-12-37)52-45-44-46(49-31-48-45)58(32-50-44)38-28-36(29-38)51-42(60)27-33-5-2-1-3-6-33/h1-3,5-14,31-32,36,38,40H,4,15-30H2,(H,51,60)(H,48,49,52)(H,53,59,62). The molecule has 328 valence electrons. The van der Waals surface area contributed by atoms with E-state index in [0.717, 1.165) is 99.6 Å². The Kier molecular flexibility index (Phi) is 12.9. The van der Waals surface area contributed by atoms with Gasteiger partial charge in [0.25, 0.3) is 5.91 Å². The number of carbonyl (C=O) groups is 4. The predicted octanol–water partition coefficient (Wildman–Crippen LogP) is 3.89. The zero-order valence-corrected chi connectivity index (χ0v) is 35.5. The Balaban J connectivity index is 0.656. The number of fused-ring (bicyclic) bond motifs is 1. The molecule has 63 heavy (non-hydrogen) atoms. The zero-order chi connectivity index (χ0) is 43.1. The molecule has 3 aliphatic heterocycles. The molecule has 4 fully saturated rings.